The molecule has 100 valence electrons. The standard InChI is InChI=1S/C13H17N5O/c1-4-19-13-17-11(14-3)16-12(18-13)15-10-7-5-6-9(2)8-10/h5-8H,4H2,1-3H3,(H2,14,15,16,17,18). The van der Waals surface area contributed by atoms with Gasteiger partial charge in [0.25, 0.3) is 0 Å². The highest BCUT2D eigenvalue weighted by Gasteiger charge is 2.06. The zero-order chi connectivity index (χ0) is 13.7. The molecule has 19 heavy (non-hydrogen) atoms. The van der Waals surface area contributed by atoms with Crippen molar-refractivity contribution < 1.29 is 4.74 Å². The maximum atomic E-state index is 5.31. The third-order valence-electron chi connectivity index (χ3n) is 2.39. The number of rotatable bonds is 5. The third-order valence-corrected chi connectivity index (χ3v) is 2.39. The number of hydrogen-bond acceptors (Lipinski definition) is 6. The summed E-state index contributed by atoms with van der Waals surface area (Å²) in [6.45, 7) is 4.43. The first-order chi connectivity index (χ1) is 9.21. The number of ether oxygens (including phenoxy) is 1. The molecule has 0 amide bonds. The summed E-state index contributed by atoms with van der Waals surface area (Å²) in [5.74, 6) is 0.919. The second kappa shape index (κ2) is 5.99. The Balaban J connectivity index is 2.26. The average molecular weight is 259 g/mol. The van der Waals surface area contributed by atoms with Crippen molar-refractivity contribution in [3.05, 3.63) is 29.8 Å². The predicted octanol–water partition coefficient (Wildman–Crippen LogP) is 2.36. The fourth-order valence-corrected chi connectivity index (χ4v) is 1.57. The van der Waals surface area contributed by atoms with Crippen LogP contribution in [0.15, 0.2) is 24.3 Å². The van der Waals surface area contributed by atoms with Gasteiger partial charge in [-0.3, -0.25) is 0 Å². The van der Waals surface area contributed by atoms with Crippen molar-refractivity contribution in [2.75, 3.05) is 24.3 Å². The Bertz CT molecular complexity index is 558. The molecule has 0 spiro atoms. The quantitative estimate of drug-likeness (QED) is 0.859. The topological polar surface area (TPSA) is 72.0 Å². The number of anilines is 3. The summed E-state index contributed by atoms with van der Waals surface area (Å²) >= 11 is 0. The lowest BCUT2D eigenvalue weighted by Gasteiger charge is -2.08. The predicted molar refractivity (Wildman–Crippen MR) is 75.0 cm³/mol. The van der Waals surface area contributed by atoms with Crippen LogP contribution in [0.2, 0.25) is 0 Å². The zero-order valence-corrected chi connectivity index (χ0v) is 11.3. The molecule has 0 fully saturated rings. The molecule has 6 heteroatoms. The van der Waals surface area contributed by atoms with Crippen molar-refractivity contribution >= 4 is 17.6 Å². The van der Waals surface area contributed by atoms with E-state index in [9.17, 15) is 0 Å². The van der Waals surface area contributed by atoms with Crippen LogP contribution >= 0.6 is 0 Å². The Labute approximate surface area is 112 Å². The highest BCUT2D eigenvalue weighted by molar-refractivity contribution is 5.55. The van der Waals surface area contributed by atoms with Crippen molar-refractivity contribution in [1.29, 1.82) is 0 Å². The molecule has 1 aromatic heterocycles. The molecule has 1 aromatic carbocycles. The van der Waals surface area contributed by atoms with Gasteiger partial charge >= 0.3 is 6.01 Å². The van der Waals surface area contributed by atoms with Gasteiger partial charge in [-0.1, -0.05) is 12.1 Å². The largest absolute Gasteiger partial charge is 0.464 e. The highest BCUT2D eigenvalue weighted by Crippen LogP contribution is 2.17. The number of aryl methyl sites for hydroxylation is 1. The summed E-state index contributed by atoms with van der Waals surface area (Å²) in [5.41, 5.74) is 2.09. The minimum Gasteiger partial charge on any atom is -0.464 e. The van der Waals surface area contributed by atoms with Crippen molar-refractivity contribution in [3.8, 4) is 6.01 Å². The van der Waals surface area contributed by atoms with Gasteiger partial charge in [0.05, 0.1) is 6.61 Å². The van der Waals surface area contributed by atoms with E-state index in [1.807, 2.05) is 38.1 Å². The van der Waals surface area contributed by atoms with Crippen LogP contribution in [0, 0.1) is 6.92 Å². The van der Waals surface area contributed by atoms with Gasteiger partial charge in [0.1, 0.15) is 0 Å². The summed E-state index contributed by atoms with van der Waals surface area (Å²) in [6, 6.07) is 8.28. The number of hydrogen-bond donors (Lipinski definition) is 2. The summed E-state index contributed by atoms with van der Waals surface area (Å²) < 4.78 is 5.31. The number of aromatic nitrogens is 3. The van der Waals surface area contributed by atoms with Crippen LogP contribution in [0.1, 0.15) is 12.5 Å². The van der Waals surface area contributed by atoms with E-state index in [1.54, 1.807) is 7.05 Å². The smallest absolute Gasteiger partial charge is 0.323 e. The molecule has 0 saturated heterocycles. The molecule has 6 nitrogen and oxygen atoms in total. The van der Waals surface area contributed by atoms with E-state index in [4.69, 9.17) is 4.74 Å². The van der Waals surface area contributed by atoms with Gasteiger partial charge < -0.3 is 15.4 Å². The Hall–Kier alpha value is -2.37. The van der Waals surface area contributed by atoms with Gasteiger partial charge in [-0.15, -0.1) is 0 Å². The van der Waals surface area contributed by atoms with Crippen LogP contribution in [0.25, 0.3) is 0 Å². The summed E-state index contributed by atoms with van der Waals surface area (Å²) in [6.07, 6.45) is 0. The lowest BCUT2D eigenvalue weighted by molar-refractivity contribution is 0.312. The number of nitrogens with one attached hydrogen (secondary N) is 2. The van der Waals surface area contributed by atoms with Gasteiger partial charge in [-0.25, -0.2) is 0 Å². The van der Waals surface area contributed by atoms with Crippen molar-refractivity contribution in [3.63, 3.8) is 0 Å². The molecule has 0 aliphatic carbocycles. The van der Waals surface area contributed by atoms with E-state index in [2.05, 4.69) is 25.6 Å². The lowest BCUT2D eigenvalue weighted by atomic mass is 10.2. The minimum absolute atomic E-state index is 0.303. The van der Waals surface area contributed by atoms with Crippen LogP contribution in [0.5, 0.6) is 6.01 Å². The molecule has 0 radical (unpaired) electrons. The van der Waals surface area contributed by atoms with Gasteiger partial charge in [0.15, 0.2) is 0 Å². The average Bonchev–Trinajstić information content (AvgIpc) is 2.39. The van der Waals surface area contributed by atoms with E-state index >= 15 is 0 Å². The summed E-state index contributed by atoms with van der Waals surface area (Å²) in [5, 5.41) is 6.02. The molecule has 0 unspecified atom stereocenters. The van der Waals surface area contributed by atoms with E-state index in [-0.39, 0.29) is 0 Å². The Morgan fingerprint density at radius 2 is 1.95 bits per heavy atom. The maximum Gasteiger partial charge on any atom is 0.323 e. The molecule has 2 aromatic rings. The monoisotopic (exact) mass is 259 g/mol. The summed E-state index contributed by atoms with van der Waals surface area (Å²) in [7, 11) is 1.75. The second-order valence-corrected chi connectivity index (χ2v) is 3.94. The van der Waals surface area contributed by atoms with E-state index in [1.165, 1.54) is 0 Å². The normalized spacial score (nSPS) is 10.1. The van der Waals surface area contributed by atoms with Crippen LogP contribution in [0.4, 0.5) is 17.6 Å². The minimum atomic E-state index is 0.303. The number of nitrogens with zero attached hydrogens (tertiary/aromatic N) is 3. The molecule has 0 aliphatic rings. The van der Waals surface area contributed by atoms with Crippen molar-refractivity contribution in [1.82, 2.24) is 15.0 Å². The Kier molecular flexibility index (Phi) is 4.12. The van der Waals surface area contributed by atoms with Crippen molar-refractivity contribution in [2.24, 2.45) is 0 Å². The molecule has 2 N–H and O–H groups in total. The van der Waals surface area contributed by atoms with Gasteiger partial charge in [-0.2, -0.15) is 15.0 Å². The lowest BCUT2D eigenvalue weighted by Crippen LogP contribution is -2.07. The fraction of sp³-hybridized carbons (Fsp3) is 0.308. The molecule has 0 bridgehead atoms. The molecule has 0 saturated carbocycles. The van der Waals surface area contributed by atoms with Gasteiger partial charge in [-0.05, 0) is 31.5 Å². The van der Waals surface area contributed by atoms with Crippen molar-refractivity contribution in [2.45, 2.75) is 13.8 Å². The number of benzene rings is 1. The van der Waals surface area contributed by atoms with E-state index in [0.717, 1.165) is 11.3 Å². The Morgan fingerprint density at radius 1 is 1.16 bits per heavy atom. The molecular formula is C13H17N5O. The van der Waals surface area contributed by atoms with Crippen LogP contribution < -0.4 is 15.4 Å². The molecular weight excluding hydrogens is 242 g/mol. The molecule has 2 rings (SSSR count). The first-order valence-corrected chi connectivity index (χ1v) is 6.11. The second-order valence-electron chi connectivity index (χ2n) is 3.94. The van der Waals surface area contributed by atoms with Crippen LogP contribution in [0.3, 0.4) is 0 Å². The van der Waals surface area contributed by atoms with E-state index < -0.39 is 0 Å². The molecule has 1 heterocycles. The first-order valence-electron chi connectivity index (χ1n) is 6.11. The molecule has 0 aliphatic heterocycles. The first kappa shape index (κ1) is 13.1. The van der Waals surface area contributed by atoms with Gasteiger partial charge in [0.2, 0.25) is 11.9 Å². The van der Waals surface area contributed by atoms with E-state index in [0.29, 0.717) is 24.5 Å². The van der Waals surface area contributed by atoms with Crippen LogP contribution in [-0.4, -0.2) is 28.6 Å². The fourth-order valence-electron chi connectivity index (χ4n) is 1.57. The van der Waals surface area contributed by atoms with Crippen LogP contribution in [-0.2, 0) is 0 Å². The SMILES string of the molecule is CCOc1nc(NC)nc(Nc2cccc(C)c2)n1. The highest BCUT2D eigenvalue weighted by atomic mass is 16.5. The van der Waals surface area contributed by atoms with Gasteiger partial charge in [0, 0.05) is 12.7 Å². The summed E-state index contributed by atoms with van der Waals surface area (Å²) in [4.78, 5) is 12.5. The Morgan fingerprint density at radius 3 is 2.63 bits per heavy atom. The third kappa shape index (κ3) is 3.54. The molecule has 0 atom stereocenters. The maximum absolute atomic E-state index is 5.31. The zero-order valence-electron chi connectivity index (χ0n) is 11.3.